The number of nitrogens with one attached hydrogen (secondary N) is 1. The summed E-state index contributed by atoms with van der Waals surface area (Å²) in [6.45, 7) is 0.421. The van der Waals surface area contributed by atoms with Gasteiger partial charge in [-0.25, -0.2) is 9.11 Å². The number of carbonyl (C=O) groups is 1. The van der Waals surface area contributed by atoms with Crippen LogP contribution in [0.4, 0.5) is 4.39 Å². The van der Waals surface area contributed by atoms with Crippen molar-refractivity contribution in [2.24, 2.45) is 5.92 Å². The van der Waals surface area contributed by atoms with E-state index in [1.165, 1.54) is 39.8 Å². The second-order valence-electron chi connectivity index (χ2n) is 6.27. The number of benzene rings is 1. The SMILES string of the molecule is CN(C)S(=O)(=O)NC(=O)c1cc(Cl)c(OCCC2CCCC2)cc1F. The second kappa shape index (κ2) is 8.33. The zero-order valence-corrected chi connectivity index (χ0v) is 15.8. The number of rotatable bonds is 7. The van der Waals surface area contributed by atoms with E-state index in [9.17, 15) is 17.6 Å². The van der Waals surface area contributed by atoms with Crippen LogP contribution >= 0.6 is 11.6 Å². The van der Waals surface area contributed by atoms with Crippen molar-refractivity contribution in [1.82, 2.24) is 9.03 Å². The van der Waals surface area contributed by atoms with Gasteiger partial charge in [0.2, 0.25) is 0 Å². The Balaban J connectivity index is 2.04. The molecule has 1 N–H and O–H groups in total. The number of ether oxygens (including phenoxy) is 1. The first-order chi connectivity index (χ1) is 11.7. The monoisotopic (exact) mass is 392 g/mol. The molecule has 6 nitrogen and oxygen atoms in total. The van der Waals surface area contributed by atoms with Crippen molar-refractivity contribution >= 4 is 27.7 Å². The maximum Gasteiger partial charge on any atom is 0.303 e. The summed E-state index contributed by atoms with van der Waals surface area (Å²) in [5, 5.41) is 0.0558. The number of hydrogen-bond donors (Lipinski definition) is 1. The van der Waals surface area contributed by atoms with Gasteiger partial charge in [-0.3, -0.25) is 4.79 Å². The molecule has 1 aliphatic rings. The Morgan fingerprint density at radius 3 is 2.60 bits per heavy atom. The van der Waals surface area contributed by atoms with Crippen molar-refractivity contribution in [3.05, 3.63) is 28.5 Å². The lowest BCUT2D eigenvalue weighted by Crippen LogP contribution is -2.39. The van der Waals surface area contributed by atoms with Gasteiger partial charge in [0.05, 0.1) is 17.2 Å². The normalized spacial score (nSPS) is 15.6. The Labute approximate surface area is 152 Å². The largest absolute Gasteiger partial charge is 0.492 e. The quantitative estimate of drug-likeness (QED) is 0.774. The Bertz CT molecular complexity index is 734. The molecule has 0 bridgehead atoms. The lowest BCUT2D eigenvalue weighted by Gasteiger charge is -2.14. The molecule has 1 saturated carbocycles. The van der Waals surface area contributed by atoms with Crippen molar-refractivity contribution in [3.8, 4) is 5.75 Å². The summed E-state index contributed by atoms with van der Waals surface area (Å²) >= 11 is 6.04. The van der Waals surface area contributed by atoms with Gasteiger partial charge in [-0.15, -0.1) is 0 Å². The molecule has 0 unspecified atom stereocenters. The van der Waals surface area contributed by atoms with Crippen LogP contribution in [0.2, 0.25) is 5.02 Å². The van der Waals surface area contributed by atoms with E-state index in [1.54, 1.807) is 4.72 Å². The first kappa shape index (κ1) is 19.9. The summed E-state index contributed by atoms with van der Waals surface area (Å²) < 4.78 is 45.6. The summed E-state index contributed by atoms with van der Waals surface area (Å²) in [7, 11) is -1.52. The minimum Gasteiger partial charge on any atom is -0.492 e. The Morgan fingerprint density at radius 2 is 2.00 bits per heavy atom. The van der Waals surface area contributed by atoms with Gasteiger partial charge in [0.25, 0.3) is 5.91 Å². The van der Waals surface area contributed by atoms with E-state index in [2.05, 4.69) is 0 Å². The molecule has 2 rings (SSSR count). The molecule has 0 aliphatic heterocycles. The molecule has 0 atom stereocenters. The topological polar surface area (TPSA) is 75.7 Å². The fraction of sp³-hybridized carbons (Fsp3) is 0.562. The number of carbonyl (C=O) groups excluding carboxylic acids is 1. The van der Waals surface area contributed by atoms with Crippen LogP contribution in [-0.4, -0.2) is 39.3 Å². The van der Waals surface area contributed by atoms with Gasteiger partial charge in [-0.05, 0) is 18.4 Å². The highest BCUT2D eigenvalue weighted by molar-refractivity contribution is 7.87. The minimum absolute atomic E-state index is 0.0558. The molecule has 0 aromatic heterocycles. The molecule has 25 heavy (non-hydrogen) atoms. The highest BCUT2D eigenvalue weighted by Gasteiger charge is 2.22. The van der Waals surface area contributed by atoms with Crippen molar-refractivity contribution in [2.75, 3.05) is 20.7 Å². The molecule has 9 heteroatoms. The molecule has 0 saturated heterocycles. The lowest BCUT2D eigenvalue weighted by molar-refractivity contribution is 0.0975. The average molecular weight is 393 g/mol. The van der Waals surface area contributed by atoms with Crippen LogP contribution in [0.3, 0.4) is 0 Å². The molecule has 1 aromatic rings. The zero-order chi connectivity index (χ0) is 18.6. The number of nitrogens with zero attached hydrogens (tertiary/aromatic N) is 1. The Hall–Kier alpha value is -1.38. The van der Waals surface area contributed by atoms with E-state index < -0.39 is 27.5 Å². The van der Waals surface area contributed by atoms with Gasteiger partial charge < -0.3 is 4.74 Å². The van der Waals surface area contributed by atoms with E-state index in [0.29, 0.717) is 12.5 Å². The zero-order valence-electron chi connectivity index (χ0n) is 14.2. The standard InChI is InChI=1S/C16H22ClFN2O4S/c1-20(2)25(22,23)19-16(21)12-9-13(17)15(10-14(12)18)24-8-7-11-5-3-4-6-11/h9-11H,3-8H2,1-2H3,(H,19,21). The maximum atomic E-state index is 14.2. The predicted molar refractivity (Wildman–Crippen MR) is 93.6 cm³/mol. The molecule has 1 fully saturated rings. The van der Waals surface area contributed by atoms with Crippen LogP contribution in [0, 0.1) is 11.7 Å². The number of amides is 1. The summed E-state index contributed by atoms with van der Waals surface area (Å²) in [4.78, 5) is 12.0. The maximum absolute atomic E-state index is 14.2. The molecule has 1 amide bonds. The second-order valence-corrected chi connectivity index (χ2v) is 8.56. The molecule has 0 spiro atoms. The third-order valence-electron chi connectivity index (χ3n) is 4.23. The molecule has 0 heterocycles. The van der Waals surface area contributed by atoms with Gasteiger partial charge in [-0.1, -0.05) is 37.3 Å². The Kier molecular flexibility index (Phi) is 6.65. The van der Waals surface area contributed by atoms with Gasteiger partial charge in [0.15, 0.2) is 0 Å². The van der Waals surface area contributed by atoms with Crippen molar-refractivity contribution in [3.63, 3.8) is 0 Å². The molecular weight excluding hydrogens is 371 g/mol. The van der Waals surface area contributed by atoms with Crippen LogP contribution in [0.5, 0.6) is 5.75 Å². The number of hydrogen-bond acceptors (Lipinski definition) is 4. The molecule has 0 radical (unpaired) electrons. The van der Waals surface area contributed by atoms with E-state index in [4.69, 9.17) is 16.3 Å². The minimum atomic E-state index is -4.02. The third-order valence-corrected chi connectivity index (χ3v) is 5.93. The van der Waals surface area contributed by atoms with E-state index >= 15 is 0 Å². The molecule has 1 aliphatic carbocycles. The van der Waals surface area contributed by atoms with Gasteiger partial charge in [0, 0.05) is 20.2 Å². The summed E-state index contributed by atoms with van der Waals surface area (Å²) in [5.41, 5.74) is -0.460. The molecule has 1 aromatic carbocycles. The van der Waals surface area contributed by atoms with E-state index in [1.807, 2.05) is 0 Å². The van der Waals surface area contributed by atoms with Crippen molar-refractivity contribution < 1.29 is 22.3 Å². The van der Waals surface area contributed by atoms with Gasteiger partial charge in [0.1, 0.15) is 11.6 Å². The predicted octanol–water partition coefficient (Wildman–Crippen LogP) is 2.97. The van der Waals surface area contributed by atoms with Crippen LogP contribution < -0.4 is 9.46 Å². The smallest absolute Gasteiger partial charge is 0.303 e. The fourth-order valence-corrected chi connectivity index (χ4v) is 3.46. The van der Waals surface area contributed by atoms with Crippen LogP contribution in [-0.2, 0) is 10.2 Å². The highest BCUT2D eigenvalue weighted by Crippen LogP contribution is 2.30. The van der Waals surface area contributed by atoms with Crippen molar-refractivity contribution in [2.45, 2.75) is 32.1 Å². The van der Waals surface area contributed by atoms with Crippen LogP contribution in [0.1, 0.15) is 42.5 Å². The van der Waals surface area contributed by atoms with Gasteiger partial charge in [-0.2, -0.15) is 12.7 Å². The average Bonchev–Trinajstić information content (AvgIpc) is 3.03. The first-order valence-electron chi connectivity index (χ1n) is 8.07. The first-order valence-corrected chi connectivity index (χ1v) is 9.89. The van der Waals surface area contributed by atoms with Crippen molar-refractivity contribution in [1.29, 1.82) is 0 Å². The van der Waals surface area contributed by atoms with Crippen LogP contribution in [0.15, 0.2) is 12.1 Å². The summed E-state index contributed by atoms with van der Waals surface area (Å²) in [6, 6.07) is 2.08. The summed E-state index contributed by atoms with van der Waals surface area (Å²) in [5.74, 6) is -1.22. The Morgan fingerprint density at radius 1 is 1.36 bits per heavy atom. The third kappa shape index (κ3) is 5.29. The van der Waals surface area contributed by atoms with Gasteiger partial charge >= 0.3 is 10.2 Å². The molecular formula is C16H22ClFN2O4S. The molecule has 140 valence electrons. The van der Waals surface area contributed by atoms with E-state index in [0.717, 1.165) is 22.9 Å². The lowest BCUT2D eigenvalue weighted by atomic mass is 10.1. The number of halogens is 2. The highest BCUT2D eigenvalue weighted by atomic mass is 35.5. The summed E-state index contributed by atoms with van der Waals surface area (Å²) in [6.07, 6.45) is 5.72. The fourth-order valence-electron chi connectivity index (χ4n) is 2.71. The van der Waals surface area contributed by atoms with Crippen LogP contribution in [0.25, 0.3) is 0 Å². The van der Waals surface area contributed by atoms with E-state index in [-0.39, 0.29) is 10.8 Å².